The highest BCUT2D eigenvalue weighted by Gasteiger charge is 2.42. The van der Waals surface area contributed by atoms with Gasteiger partial charge in [-0.1, -0.05) is 18.2 Å². The number of fused-ring (bicyclic) bond motifs is 2. The van der Waals surface area contributed by atoms with E-state index in [0.717, 1.165) is 31.4 Å². The van der Waals surface area contributed by atoms with E-state index in [1.54, 1.807) is 12.4 Å². The van der Waals surface area contributed by atoms with Crippen molar-refractivity contribution in [3.8, 4) is 0 Å². The van der Waals surface area contributed by atoms with Gasteiger partial charge in [-0.2, -0.15) is 0 Å². The molecule has 2 aromatic rings. The van der Waals surface area contributed by atoms with Crippen molar-refractivity contribution in [2.75, 3.05) is 19.6 Å². The summed E-state index contributed by atoms with van der Waals surface area (Å²) in [6, 6.07) is 6.58. The topological polar surface area (TPSA) is 54.3 Å². The van der Waals surface area contributed by atoms with Crippen LogP contribution in [0.2, 0.25) is 0 Å². The molecule has 6 heteroatoms. The third-order valence-corrected chi connectivity index (χ3v) is 6.12. The summed E-state index contributed by atoms with van der Waals surface area (Å²) in [5.74, 6) is 0.462. The number of benzene rings is 1. The maximum Gasteiger partial charge on any atom is 0.224 e. The van der Waals surface area contributed by atoms with Crippen LogP contribution in [-0.2, 0) is 11.2 Å². The molecule has 1 aromatic carbocycles. The Morgan fingerprint density at radius 3 is 2.93 bits per heavy atom. The third-order valence-electron chi connectivity index (χ3n) is 6.12. The zero-order valence-corrected chi connectivity index (χ0v) is 16.1. The Kier molecular flexibility index (Phi) is 4.68. The molecule has 4 rings (SSSR count). The van der Waals surface area contributed by atoms with Crippen molar-refractivity contribution in [2.24, 2.45) is 5.92 Å². The molecule has 1 amide bonds. The zero-order chi connectivity index (χ0) is 19.1. The van der Waals surface area contributed by atoms with E-state index in [-0.39, 0.29) is 17.6 Å². The van der Waals surface area contributed by atoms with Gasteiger partial charge < -0.3 is 5.32 Å². The lowest BCUT2D eigenvalue weighted by molar-refractivity contribution is -0.127. The molecule has 5 nitrogen and oxygen atoms in total. The minimum absolute atomic E-state index is 0.0159. The molecule has 0 saturated carbocycles. The molecule has 2 heterocycles. The monoisotopic (exact) mass is 363 g/mol. The number of rotatable bonds is 4. The van der Waals surface area contributed by atoms with Crippen molar-refractivity contribution in [2.45, 2.75) is 31.7 Å². The van der Waals surface area contributed by atoms with Crippen LogP contribution in [0.5, 0.6) is 0 Å². The van der Waals surface area contributed by atoms with Gasteiger partial charge in [-0.05, 0) is 37.0 Å². The first-order valence-electron chi connectivity index (χ1n) is 9.81. The van der Waals surface area contributed by atoms with Crippen LogP contribution >= 0.6 is 0 Å². The molecule has 27 heavy (non-hydrogen) atoms. The lowest BCUT2D eigenvalue weighted by atomic mass is 9.72. The lowest BCUT2D eigenvalue weighted by Gasteiger charge is -2.46. The Balaban J connectivity index is 1.80. The maximum atomic E-state index is 12.6. The Morgan fingerprint density at radius 2 is 2.22 bits per heavy atom. The summed E-state index contributed by atoms with van der Waals surface area (Å²) in [5.41, 5.74) is 3.51. The number of carbonyl (C=O) groups excluding carboxylic acids is 2. The Hall–Kier alpha value is -2.34. The molecule has 0 bridgehead atoms. The highest BCUT2D eigenvalue weighted by molar-refractivity contribution is 6.58. The van der Waals surface area contributed by atoms with Crippen molar-refractivity contribution in [3.63, 3.8) is 0 Å². The van der Waals surface area contributed by atoms with Gasteiger partial charge >= 0.3 is 0 Å². The quantitative estimate of drug-likeness (QED) is 0.667. The van der Waals surface area contributed by atoms with Gasteiger partial charge in [0.2, 0.25) is 13.8 Å². The summed E-state index contributed by atoms with van der Waals surface area (Å²) in [6.07, 6.45) is 5.70. The first-order chi connectivity index (χ1) is 13.0. The number of carbonyl (C=O) groups is 2. The maximum absolute atomic E-state index is 12.6. The van der Waals surface area contributed by atoms with Gasteiger partial charge in [0.1, 0.15) is 0 Å². The van der Waals surface area contributed by atoms with E-state index in [4.69, 9.17) is 0 Å². The van der Waals surface area contributed by atoms with Gasteiger partial charge in [0.25, 0.3) is 0 Å². The number of hydrogen-bond donors (Lipinski definition) is 1. The highest BCUT2D eigenvalue weighted by atomic mass is 16.2. The van der Waals surface area contributed by atoms with Crippen LogP contribution in [0.1, 0.15) is 30.4 Å². The van der Waals surface area contributed by atoms with E-state index in [2.05, 4.69) is 22.9 Å². The molecule has 140 valence electrons. The van der Waals surface area contributed by atoms with E-state index in [0.29, 0.717) is 18.5 Å². The highest BCUT2D eigenvalue weighted by Crippen LogP contribution is 2.45. The minimum atomic E-state index is -0.0159. The average Bonchev–Trinajstić information content (AvgIpc) is 3.03. The smallest absolute Gasteiger partial charge is 0.224 e. The van der Waals surface area contributed by atoms with Crippen molar-refractivity contribution in [1.29, 1.82) is 0 Å². The molecule has 1 N–H and O–H groups in total. The number of amides is 1. The van der Waals surface area contributed by atoms with Crippen LogP contribution in [0.25, 0.3) is 10.9 Å². The van der Waals surface area contributed by atoms with Crippen molar-refractivity contribution < 1.29 is 9.59 Å². The minimum Gasteiger partial charge on any atom is -0.356 e. The first-order valence-corrected chi connectivity index (χ1v) is 9.81. The zero-order valence-electron chi connectivity index (χ0n) is 16.1. The summed E-state index contributed by atoms with van der Waals surface area (Å²) in [5, 5.41) is 4.21. The molecule has 3 atom stereocenters. The molecule has 1 saturated heterocycles. The predicted octanol–water partition coefficient (Wildman–Crippen LogP) is 1.89. The number of aromatic nitrogens is 1. The van der Waals surface area contributed by atoms with Crippen molar-refractivity contribution in [3.05, 3.63) is 48.2 Å². The van der Waals surface area contributed by atoms with Crippen molar-refractivity contribution >= 4 is 30.5 Å². The lowest BCUT2D eigenvalue weighted by Crippen LogP contribution is -2.53. The fraction of sp³-hybridized carbons (Fsp3) is 0.429. The number of nitrogens with one attached hydrogen (secondary N) is 1. The third kappa shape index (κ3) is 2.92. The molecule has 1 aromatic heterocycles. The second-order valence-corrected chi connectivity index (χ2v) is 7.73. The Morgan fingerprint density at radius 1 is 1.41 bits per heavy atom. The standard InChI is InChI=1S/C21H26BN3O2/c1-3-8-24-11-14(20(26)23-4-2)9-16-15-6-5-7-17-19(15)13(10-18(16)24)12-25(17)21(22)27/h3,5-7,12,14,16,18H,1,4,8-11,22H2,2H3,(H,23,26)/t14-,16-,18-/m1/s1. The molecule has 0 spiro atoms. The number of likely N-dealkylation sites (tertiary alicyclic amines) is 1. The van der Waals surface area contributed by atoms with E-state index < -0.39 is 0 Å². The van der Waals surface area contributed by atoms with Gasteiger partial charge in [-0.25, -0.2) is 0 Å². The summed E-state index contributed by atoms with van der Waals surface area (Å²) < 4.78 is 1.77. The molecular weight excluding hydrogens is 337 g/mol. The summed E-state index contributed by atoms with van der Waals surface area (Å²) in [7, 11) is 1.61. The van der Waals surface area contributed by atoms with Gasteiger partial charge in [0.05, 0.1) is 11.4 Å². The Bertz CT molecular complexity index is 920. The molecule has 1 aliphatic heterocycles. The first kappa shape index (κ1) is 18.0. The number of nitrogens with zero attached hydrogens (tertiary/aromatic N) is 2. The average molecular weight is 363 g/mol. The van der Waals surface area contributed by atoms with E-state index in [1.807, 2.05) is 31.3 Å². The second-order valence-electron chi connectivity index (χ2n) is 7.73. The molecule has 2 aliphatic rings. The Labute approximate surface area is 160 Å². The number of hydrogen-bond acceptors (Lipinski definition) is 3. The molecule has 0 radical (unpaired) electrons. The second kappa shape index (κ2) is 7.00. The summed E-state index contributed by atoms with van der Waals surface area (Å²) >= 11 is 0. The number of piperidine rings is 1. The SMILES string of the molecule is BC(=O)n1cc2c3c(cccc31)[C@H]1C[C@@H](C(=O)NCC)CN(CC=C)[C@@H]1C2. The normalized spacial score (nSPS) is 24.4. The molecule has 0 unspecified atom stereocenters. The van der Waals surface area contributed by atoms with Crippen LogP contribution < -0.4 is 5.32 Å². The fourth-order valence-corrected chi connectivity index (χ4v) is 5.05. The van der Waals surface area contributed by atoms with Crippen LogP contribution in [0, 0.1) is 5.92 Å². The largest absolute Gasteiger partial charge is 0.356 e. The van der Waals surface area contributed by atoms with E-state index >= 15 is 0 Å². The van der Waals surface area contributed by atoms with E-state index in [1.165, 1.54) is 16.5 Å². The molecule has 1 aliphatic carbocycles. The molecular formula is C21H26BN3O2. The molecule has 1 fully saturated rings. The summed E-state index contributed by atoms with van der Waals surface area (Å²) in [6.45, 7) is 8.07. The van der Waals surface area contributed by atoms with Crippen LogP contribution in [0.15, 0.2) is 37.1 Å². The van der Waals surface area contributed by atoms with Gasteiger partial charge in [-0.3, -0.25) is 19.1 Å². The van der Waals surface area contributed by atoms with Crippen molar-refractivity contribution in [1.82, 2.24) is 14.8 Å². The van der Waals surface area contributed by atoms with E-state index in [9.17, 15) is 9.59 Å². The van der Waals surface area contributed by atoms with Gasteiger partial charge in [-0.15, -0.1) is 6.58 Å². The fourth-order valence-electron chi connectivity index (χ4n) is 5.05. The van der Waals surface area contributed by atoms with Crippen LogP contribution in [0.3, 0.4) is 0 Å². The van der Waals surface area contributed by atoms with Crippen LogP contribution in [0.4, 0.5) is 4.79 Å². The van der Waals surface area contributed by atoms with Crippen LogP contribution in [-0.4, -0.2) is 54.7 Å². The summed E-state index contributed by atoms with van der Waals surface area (Å²) in [4.78, 5) is 27.1. The van der Waals surface area contributed by atoms with Gasteiger partial charge in [0, 0.05) is 43.2 Å². The van der Waals surface area contributed by atoms with Gasteiger partial charge in [0.15, 0.2) is 5.81 Å². The predicted molar refractivity (Wildman–Crippen MR) is 110 cm³/mol.